The number of hydrogen-bond donors (Lipinski definition) is 1. The quantitative estimate of drug-likeness (QED) is 0.355. The lowest BCUT2D eigenvalue weighted by Crippen LogP contribution is -2.29. The third-order valence-corrected chi connectivity index (χ3v) is 9.63. The number of benzene rings is 3. The molecule has 9 heteroatoms. The Labute approximate surface area is 212 Å². The highest BCUT2D eigenvalue weighted by Crippen LogP contribution is 2.42. The molecular weight excluding hydrogens is 500 g/mol. The molecule has 0 spiro atoms. The standard InChI is InChI=1S/C26H22N2O4S3/c29-14-5-15-35(31,32)20-12-10-18(11-13-20)25-27-16-19(33-25)17-28-22-7-2-4-9-24(22)34-23-8-3-1-6-21(23)26(28)30/h1-4,6-13,16,29H,5,14-15,17H2. The molecule has 0 saturated carbocycles. The van der Waals surface area contributed by atoms with Gasteiger partial charge < -0.3 is 10.0 Å². The molecule has 3 aromatic carbocycles. The zero-order valence-electron chi connectivity index (χ0n) is 18.6. The van der Waals surface area contributed by atoms with Gasteiger partial charge in [0, 0.05) is 33.0 Å². The van der Waals surface area contributed by atoms with Crippen LogP contribution in [0.2, 0.25) is 0 Å². The number of para-hydroxylation sites is 1. The molecule has 0 atom stereocenters. The fraction of sp³-hybridized carbons (Fsp3) is 0.154. The number of amides is 1. The van der Waals surface area contributed by atoms with Gasteiger partial charge in [0.15, 0.2) is 9.84 Å². The maximum absolute atomic E-state index is 13.5. The number of nitrogens with zero attached hydrogens (tertiary/aromatic N) is 2. The van der Waals surface area contributed by atoms with E-state index >= 15 is 0 Å². The van der Waals surface area contributed by atoms with Crippen molar-refractivity contribution in [3.05, 3.63) is 89.4 Å². The number of rotatable bonds is 7. The van der Waals surface area contributed by atoms with Gasteiger partial charge >= 0.3 is 0 Å². The molecule has 178 valence electrons. The first kappa shape index (κ1) is 23.7. The van der Waals surface area contributed by atoms with Gasteiger partial charge in [-0.05, 0) is 42.8 Å². The van der Waals surface area contributed by atoms with Crippen molar-refractivity contribution in [1.29, 1.82) is 0 Å². The fourth-order valence-electron chi connectivity index (χ4n) is 3.88. The van der Waals surface area contributed by atoms with Crippen molar-refractivity contribution < 1.29 is 18.3 Å². The van der Waals surface area contributed by atoms with Gasteiger partial charge in [0.2, 0.25) is 0 Å². The summed E-state index contributed by atoms with van der Waals surface area (Å²) >= 11 is 3.07. The van der Waals surface area contributed by atoms with E-state index in [9.17, 15) is 13.2 Å². The molecule has 0 fully saturated rings. The summed E-state index contributed by atoms with van der Waals surface area (Å²) in [6.07, 6.45) is 1.98. The minimum absolute atomic E-state index is 0.0505. The van der Waals surface area contributed by atoms with Crippen LogP contribution in [0.1, 0.15) is 21.7 Å². The van der Waals surface area contributed by atoms with Crippen molar-refractivity contribution in [2.24, 2.45) is 0 Å². The van der Waals surface area contributed by atoms with Gasteiger partial charge in [-0.15, -0.1) is 11.3 Å². The molecule has 1 N–H and O–H groups in total. The van der Waals surface area contributed by atoms with Gasteiger partial charge in [0.25, 0.3) is 5.91 Å². The highest BCUT2D eigenvalue weighted by atomic mass is 32.2. The van der Waals surface area contributed by atoms with Crippen LogP contribution in [0.4, 0.5) is 5.69 Å². The van der Waals surface area contributed by atoms with Gasteiger partial charge in [-0.25, -0.2) is 13.4 Å². The van der Waals surface area contributed by atoms with E-state index in [1.54, 1.807) is 47.1 Å². The highest BCUT2D eigenvalue weighted by molar-refractivity contribution is 7.99. The van der Waals surface area contributed by atoms with E-state index in [1.165, 1.54) is 11.3 Å². The van der Waals surface area contributed by atoms with E-state index in [1.807, 2.05) is 48.5 Å². The van der Waals surface area contributed by atoms with Crippen molar-refractivity contribution in [1.82, 2.24) is 4.98 Å². The molecule has 0 aliphatic carbocycles. The fourth-order valence-corrected chi connectivity index (χ4v) is 7.16. The summed E-state index contributed by atoms with van der Waals surface area (Å²) in [6, 6.07) is 22.2. The molecule has 1 aliphatic rings. The lowest BCUT2D eigenvalue weighted by Gasteiger charge is -2.22. The first-order chi connectivity index (χ1) is 17.0. The Morgan fingerprint density at radius 1 is 0.914 bits per heavy atom. The van der Waals surface area contributed by atoms with Crippen molar-refractivity contribution in [2.75, 3.05) is 17.3 Å². The Hall–Kier alpha value is -2.98. The minimum atomic E-state index is -3.42. The molecule has 1 aromatic heterocycles. The van der Waals surface area contributed by atoms with Crippen molar-refractivity contribution in [3.8, 4) is 10.6 Å². The summed E-state index contributed by atoms with van der Waals surface area (Å²) in [5.41, 5.74) is 2.35. The van der Waals surface area contributed by atoms with Crippen molar-refractivity contribution in [3.63, 3.8) is 0 Å². The number of carbonyl (C=O) groups excluding carboxylic acids is 1. The average Bonchev–Trinajstić information content (AvgIpc) is 3.31. The predicted octanol–water partition coefficient (Wildman–Crippen LogP) is 5.28. The molecule has 2 heterocycles. The van der Waals surface area contributed by atoms with Crippen LogP contribution in [0.5, 0.6) is 0 Å². The summed E-state index contributed by atoms with van der Waals surface area (Å²) in [6.45, 7) is 0.226. The first-order valence-electron chi connectivity index (χ1n) is 11.0. The minimum Gasteiger partial charge on any atom is -0.396 e. The molecule has 0 saturated heterocycles. The number of sulfone groups is 1. The van der Waals surface area contributed by atoms with Gasteiger partial charge in [0.05, 0.1) is 28.4 Å². The van der Waals surface area contributed by atoms with Gasteiger partial charge in [0.1, 0.15) is 5.01 Å². The topological polar surface area (TPSA) is 87.6 Å². The second-order valence-corrected chi connectivity index (χ2v) is 12.3. The first-order valence-corrected chi connectivity index (χ1v) is 14.3. The van der Waals surface area contributed by atoms with Crippen LogP contribution in [0, 0.1) is 0 Å². The number of thiazole rings is 1. The molecule has 0 bridgehead atoms. The van der Waals surface area contributed by atoms with Crippen LogP contribution in [0.15, 0.2) is 93.7 Å². The number of anilines is 1. The number of aliphatic hydroxyl groups is 1. The Bertz CT molecular complexity index is 1480. The molecule has 4 aromatic rings. The van der Waals surface area contributed by atoms with Crippen LogP contribution in [0.25, 0.3) is 10.6 Å². The van der Waals surface area contributed by atoms with Crippen LogP contribution in [-0.2, 0) is 16.4 Å². The maximum atomic E-state index is 13.5. The van der Waals surface area contributed by atoms with Crippen LogP contribution in [0.3, 0.4) is 0 Å². The van der Waals surface area contributed by atoms with E-state index in [0.717, 1.165) is 30.9 Å². The van der Waals surface area contributed by atoms with E-state index in [-0.39, 0.29) is 29.6 Å². The van der Waals surface area contributed by atoms with E-state index in [0.29, 0.717) is 12.1 Å². The number of hydrogen-bond acceptors (Lipinski definition) is 7. The largest absolute Gasteiger partial charge is 0.396 e. The summed E-state index contributed by atoms with van der Waals surface area (Å²) in [5.74, 6) is -0.137. The molecule has 6 nitrogen and oxygen atoms in total. The van der Waals surface area contributed by atoms with Gasteiger partial charge in [-0.3, -0.25) is 4.79 Å². The monoisotopic (exact) mass is 522 g/mol. The van der Waals surface area contributed by atoms with Crippen molar-refractivity contribution in [2.45, 2.75) is 27.7 Å². The number of aliphatic hydroxyl groups excluding tert-OH is 1. The molecule has 0 unspecified atom stereocenters. The van der Waals surface area contributed by atoms with Crippen LogP contribution >= 0.6 is 23.1 Å². The predicted molar refractivity (Wildman–Crippen MR) is 139 cm³/mol. The van der Waals surface area contributed by atoms with E-state index in [2.05, 4.69) is 4.98 Å². The normalized spacial score (nSPS) is 13.3. The Kier molecular flexibility index (Phi) is 6.75. The molecule has 1 aliphatic heterocycles. The zero-order chi connectivity index (χ0) is 24.4. The maximum Gasteiger partial charge on any atom is 0.259 e. The zero-order valence-corrected chi connectivity index (χ0v) is 21.1. The molecule has 5 rings (SSSR count). The summed E-state index contributed by atoms with van der Waals surface area (Å²) in [4.78, 5) is 23.0. The Morgan fingerprint density at radius 2 is 1.63 bits per heavy atom. The molecule has 35 heavy (non-hydrogen) atoms. The third-order valence-electron chi connectivity index (χ3n) is 5.64. The highest BCUT2D eigenvalue weighted by Gasteiger charge is 2.27. The lowest BCUT2D eigenvalue weighted by molar-refractivity contribution is 0.0982. The SMILES string of the molecule is O=C1c2ccccc2Sc2ccccc2N1Cc1cnc(-c2ccc(S(=O)(=O)CCCO)cc2)s1. The number of carbonyl (C=O) groups is 1. The van der Waals surface area contributed by atoms with Crippen molar-refractivity contribution >= 4 is 44.5 Å². The Morgan fingerprint density at radius 3 is 2.40 bits per heavy atom. The Balaban J connectivity index is 1.41. The molecule has 1 amide bonds. The molecule has 0 radical (unpaired) electrons. The summed E-state index contributed by atoms with van der Waals surface area (Å²) in [5, 5.41) is 9.68. The van der Waals surface area contributed by atoms with E-state index in [4.69, 9.17) is 5.11 Å². The third kappa shape index (κ3) is 4.90. The van der Waals surface area contributed by atoms with Crippen LogP contribution in [-0.4, -0.2) is 36.8 Å². The number of fused-ring (bicyclic) bond motifs is 2. The molecular formula is C26H22N2O4S3. The van der Waals surface area contributed by atoms with Gasteiger partial charge in [-0.2, -0.15) is 0 Å². The second kappa shape index (κ2) is 9.94. The van der Waals surface area contributed by atoms with Crippen LogP contribution < -0.4 is 4.90 Å². The average molecular weight is 523 g/mol. The second-order valence-electron chi connectivity index (χ2n) is 8.01. The smallest absolute Gasteiger partial charge is 0.259 e. The lowest BCUT2D eigenvalue weighted by atomic mass is 10.1. The number of aromatic nitrogens is 1. The summed E-state index contributed by atoms with van der Waals surface area (Å²) in [7, 11) is -3.42. The van der Waals surface area contributed by atoms with Gasteiger partial charge in [-0.1, -0.05) is 48.2 Å². The summed E-state index contributed by atoms with van der Waals surface area (Å²) < 4.78 is 24.7. The van der Waals surface area contributed by atoms with E-state index < -0.39 is 9.84 Å².